The second-order valence-electron chi connectivity index (χ2n) is 4.50. The maximum Gasteiger partial charge on any atom is 0.155 e. The molecule has 1 aromatic heterocycles. The Hall–Kier alpha value is -0.880. The number of sulfone groups is 1. The van der Waals surface area contributed by atoms with Crippen LogP contribution in [0.3, 0.4) is 0 Å². The quantitative estimate of drug-likeness (QED) is 0.735. The van der Waals surface area contributed by atoms with Crippen molar-refractivity contribution in [1.82, 2.24) is 15.3 Å². The molecule has 3 rings (SSSR count). The average Bonchev–Trinajstić information content (AvgIpc) is 2.83. The van der Waals surface area contributed by atoms with Gasteiger partial charge in [0.1, 0.15) is 0 Å². The summed E-state index contributed by atoms with van der Waals surface area (Å²) in [6.07, 6.45) is 4.10. The lowest BCUT2D eigenvalue weighted by Crippen LogP contribution is -2.39. The molecular weight excluding hydrogens is 226 g/mol. The fourth-order valence-electron chi connectivity index (χ4n) is 2.75. The van der Waals surface area contributed by atoms with Crippen molar-refractivity contribution in [2.24, 2.45) is 0 Å². The van der Waals surface area contributed by atoms with Gasteiger partial charge in [-0.15, -0.1) is 0 Å². The van der Waals surface area contributed by atoms with Crippen LogP contribution >= 0.6 is 0 Å². The first-order valence-electron chi connectivity index (χ1n) is 5.65. The minimum Gasteiger partial charge on any atom is -0.348 e. The molecule has 2 atom stereocenters. The van der Waals surface area contributed by atoms with Crippen molar-refractivity contribution < 1.29 is 8.42 Å². The summed E-state index contributed by atoms with van der Waals surface area (Å²) in [7, 11) is -2.92. The summed E-state index contributed by atoms with van der Waals surface area (Å²) in [4.78, 5) is 7.36. The monoisotopic (exact) mass is 241 g/mol. The normalized spacial score (nSPS) is 32.5. The highest BCUT2D eigenvalue weighted by molar-refractivity contribution is 7.92. The van der Waals surface area contributed by atoms with Crippen molar-refractivity contribution in [3.8, 4) is 0 Å². The Kier molecular flexibility index (Phi) is 2.29. The number of imidazole rings is 1. The zero-order valence-electron chi connectivity index (χ0n) is 8.94. The largest absolute Gasteiger partial charge is 0.348 e. The van der Waals surface area contributed by atoms with Gasteiger partial charge in [-0.1, -0.05) is 0 Å². The summed E-state index contributed by atoms with van der Waals surface area (Å²) in [5.41, 5.74) is 1.99. The van der Waals surface area contributed by atoms with E-state index in [2.05, 4.69) is 15.3 Å². The highest BCUT2D eigenvalue weighted by atomic mass is 32.2. The van der Waals surface area contributed by atoms with Gasteiger partial charge in [0, 0.05) is 18.7 Å². The number of fused-ring (bicyclic) bond motifs is 1. The molecule has 88 valence electrons. The lowest BCUT2D eigenvalue weighted by Gasteiger charge is -2.27. The van der Waals surface area contributed by atoms with Gasteiger partial charge in [-0.2, -0.15) is 0 Å². The Labute approximate surface area is 94.6 Å². The van der Waals surface area contributed by atoms with E-state index in [9.17, 15) is 8.42 Å². The summed E-state index contributed by atoms with van der Waals surface area (Å²) >= 11 is 0. The summed E-state index contributed by atoms with van der Waals surface area (Å²) in [5.74, 6) is 0.329. The van der Waals surface area contributed by atoms with Gasteiger partial charge in [-0.3, -0.25) is 0 Å². The molecule has 2 N–H and O–H groups in total. The fourth-order valence-corrected chi connectivity index (χ4v) is 4.78. The first-order chi connectivity index (χ1) is 7.68. The van der Waals surface area contributed by atoms with Crippen LogP contribution in [0.4, 0.5) is 0 Å². The van der Waals surface area contributed by atoms with E-state index in [-0.39, 0.29) is 11.3 Å². The first kappa shape index (κ1) is 10.3. The van der Waals surface area contributed by atoms with Crippen molar-refractivity contribution in [3.63, 3.8) is 0 Å². The summed E-state index contributed by atoms with van der Waals surface area (Å²) in [5, 5.41) is 3.01. The van der Waals surface area contributed by atoms with Crippen LogP contribution in [0.1, 0.15) is 30.3 Å². The third-order valence-electron chi connectivity index (χ3n) is 3.54. The van der Waals surface area contributed by atoms with E-state index in [0.29, 0.717) is 5.75 Å². The van der Waals surface area contributed by atoms with Crippen LogP contribution in [-0.4, -0.2) is 35.9 Å². The molecule has 6 heteroatoms. The predicted molar refractivity (Wildman–Crippen MR) is 59.8 cm³/mol. The van der Waals surface area contributed by atoms with Crippen molar-refractivity contribution in [1.29, 1.82) is 0 Å². The molecule has 0 bridgehead atoms. The minimum atomic E-state index is -2.92. The Morgan fingerprint density at radius 2 is 2.31 bits per heavy atom. The van der Waals surface area contributed by atoms with E-state index in [4.69, 9.17) is 0 Å². The molecule has 16 heavy (non-hydrogen) atoms. The van der Waals surface area contributed by atoms with Crippen LogP contribution in [0.25, 0.3) is 0 Å². The number of aromatic amines is 1. The number of hydrogen-bond acceptors (Lipinski definition) is 4. The van der Waals surface area contributed by atoms with Crippen LogP contribution in [0, 0.1) is 0 Å². The SMILES string of the molecule is O=S1(=O)CCCC1C1NCCc2[nH]cnc21. The molecule has 0 spiro atoms. The Morgan fingerprint density at radius 3 is 3.06 bits per heavy atom. The van der Waals surface area contributed by atoms with E-state index in [1.165, 1.54) is 0 Å². The zero-order valence-corrected chi connectivity index (χ0v) is 9.76. The average molecular weight is 241 g/mol. The third-order valence-corrected chi connectivity index (χ3v) is 5.82. The van der Waals surface area contributed by atoms with Crippen LogP contribution < -0.4 is 5.32 Å². The first-order valence-corrected chi connectivity index (χ1v) is 7.37. The standard InChI is InChI=1S/C10H15N3O2S/c14-16(15)5-1-2-8(16)10-9-7(3-4-11-10)12-6-13-9/h6,8,10-11H,1-5H2,(H,12,13). The number of rotatable bonds is 1. The van der Waals surface area contributed by atoms with Gasteiger partial charge in [-0.05, 0) is 12.8 Å². The maximum absolute atomic E-state index is 11.9. The minimum absolute atomic E-state index is 0.109. The second-order valence-corrected chi connectivity index (χ2v) is 6.84. The fraction of sp³-hybridized carbons (Fsp3) is 0.700. The Bertz CT molecular complexity index is 494. The summed E-state index contributed by atoms with van der Waals surface area (Å²) in [6, 6.07) is -0.109. The van der Waals surface area contributed by atoms with Crippen molar-refractivity contribution in [2.75, 3.05) is 12.3 Å². The number of hydrogen-bond donors (Lipinski definition) is 2. The molecule has 3 heterocycles. The van der Waals surface area contributed by atoms with Gasteiger partial charge >= 0.3 is 0 Å². The van der Waals surface area contributed by atoms with Crippen LogP contribution in [0.5, 0.6) is 0 Å². The summed E-state index contributed by atoms with van der Waals surface area (Å²) in [6.45, 7) is 0.825. The van der Waals surface area contributed by atoms with Crippen LogP contribution in [0.15, 0.2) is 6.33 Å². The van der Waals surface area contributed by atoms with Crippen molar-refractivity contribution in [3.05, 3.63) is 17.7 Å². The molecule has 0 aliphatic carbocycles. The molecule has 1 aromatic rings. The highest BCUT2D eigenvalue weighted by Gasteiger charge is 2.40. The van der Waals surface area contributed by atoms with Gasteiger partial charge in [0.2, 0.25) is 0 Å². The lowest BCUT2D eigenvalue weighted by atomic mass is 10.0. The second kappa shape index (κ2) is 3.56. The van der Waals surface area contributed by atoms with Crippen LogP contribution in [-0.2, 0) is 16.3 Å². The summed E-state index contributed by atoms with van der Waals surface area (Å²) < 4.78 is 23.8. The van der Waals surface area contributed by atoms with Crippen molar-refractivity contribution in [2.45, 2.75) is 30.6 Å². The zero-order chi connectivity index (χ0) is 11.2. The molecule has 2 aliphatic heterocycles. The van der Waals surface area contributed by atoms with E-state index in [1.54, 1.807) is 6.33 Å². The molecule has 0 amide bonds. The smallest absolute Gasteiger partial charge is 0.155 e. The topological polar surface area (TPSA) is 74.8 Å². The number of nitrogens with zero attached hydrogens (tertiary/aromatic N) is 1. The molecule has 2 unspecified atom stereocenters. The number of nitrogens with one attached hydrogen (secondary N) is 2. The van der Waals surface area contributed by atoms with E-state index in [1.807, 2.05) is 0 Å². The van der Waals surface area contributed by atoms with Gasteiger partial charge in [-0.25, -0.2) is 13.4 Å². The van der Waals surface area contributed by atoms with Gasteiger partial charge in [0.25, 0.3) is 0 Å². The molecule has 2 aliphatic rings. The van der Waals surface area contributed by atoms with Gasteiger partial charge in [0.15, 0.2) is 9.84 Å². The molecule has 0 radical (unpaired) electrons. The Morgan fingerprint density at radius 1 is 1.44 bits per heavy atom. The molecule has 5 nitrogen and oxygen atoms in total. The maximum atomic E-state index is 11.9. The van der Waals surface area contributed by atoms with E-state index < -0.39 is 9.84 Å². The molecule has 0 aromatic carbocycles. The van der Waals surface area contributed by atoms with E-state index in [0.717, 1.165) is 37.2 Å². The predicted octanol–water partition coefficient (Wildman–Crippen LogP) is 0.174. The number of aromatic nitrogens is 2. The highest BCUT2D eigenvalue weighted by Crippen LogP contribution is 2.33. The molecule has 1 fully saturated rings. The lowest BCUT2D eigenvalue weighted by molar-refractivity contribution is 0.455. The van der Waals surface area contributed by atoms with E-state index >= 15 is 0 Å². The van der Waals surface area contributed by atoms with Gasteiger partial charge < -0.3 is 10.3 Å². The van der Waals surface area contributed by atoms with Crippen molar-refractivity contribution >= 4 is 9.84 Å². The molecule has 1 saturated heterocycles. The van der Waals surface area contributed by atoms with Gasteiger partial charge in [0.05, 0.1) is 29.1 Å². The van der Waals surface area contributed by atoms with Crippen LogP contribution in [0.2, 0.25) is 0 Å². The molecule has 0 saturated carbocycles. The third kappa shape index (κ3) is 1.48. The number of H-pyrrole nitrogens is 1. The Balaban J connectivity index is 1.98. The molecular formula is C10H15N3O2S.